The van der Waals surface area contributed by atoms with Crippen LogP contribution >= 0.6 is 11.6 Å². The number of halogens is 1. The molecule has 0 aliphatic heterocycles. The minimum atomic E-state index is -0.533. The van der Waals surface area contributed by atoms with Gasteiger partial charge in [-0.2, -0.15) is 0 Å². The van der Waals surface area contributed by atoms with E-state index in [1.165, 1.54) is 20.3 Å². The first-order chi connectivity index (χ1) is 14.0. The first-order valence-electron chi connectivity index (χ1n) is 8.68. The quantitative estimate of drug-likeness (QED) is 0.277. The maximum atomic E-state index is 11.6. The van der Waals surface area contributed by atoms with Gasteiger partial charge in [-0.1, -0.05) is 24.3 Å². The van der Waals surface area contributed by atoms with E-state index in [0.29, 0.717) is 28.3 Å². The molecule has 1 N–H and O–H groups in total. The monoisotopic (exact) mass is 416 g/mol. The van der Waals surface area contributed by atoms with E-state index in [1.807, 2.05) is 24.3 Å². The van der Waals surface area contributed by atoms with E-state index in [1.54, 1.807) is 24.3 Å². The van der Waals surface area contributed by atoms with E-state index in [0.717, 1.165) is 11.8 Å². The summed E-state index contributed by atoms with van der Waals surface area (Å²) in [5, 5.41) is 13.5. The lowest BCUT2D eigenvalue weighted by molar-refractivity contribution is -0.400. The molecule has 29 heavy (non-hydrogen) atoms. The van der Waals surface area contributed by atoms with E-state index >= 15 is 0 Å². The zero-order valence-electron chi connectivity index (χ0n) is 16.1. The minimum absolute atomic E-state index is 0.144. The number of amides is 1. The highest BCUT2D eigenvalue weighted by Crippen LogP contribution is 2.31. The number of ether oxygens (including phenoxy) is 2. The summed E-state index contributed by atoms with van der Waals surface area (Å²) >= 11 is 5.55. The number of nitrogens with zero attached hydrogens (tertiary/aromatic N) is 1. The van der Waals surface area contributed by atoms with Crippen molar-refractivity contribution in [2.75, 3.05) is 25.4 Å². The molecule has 0 bridgehead atoms. The van der Waals surface area contributed by atoms with Gasteiger partial charge in [0.2, 0.25) is 12.1 Å². The summed E-state index contributed by atoms with van der Waals surface area (Å²) in [6.07, 6.45) is 6.16. The summed E-state index contributed by atoms with van der Waals surface area (Å²) in [5.74, 6) is 1.15. The lowest BCUT2D eigenvalue weighted by Crippen LogP contribution is -2.11. The third-order valence-electron chi connectivity index (χ3n) is 3.94. The van der Waals surface area contributed by atoms with E-state index in [-0.39, 0.29) is 18.2 Å². The van der Waals surface area contributed by atoms with Crippen molar-refractivity contribution in [1.29, 1.82) is 0 Å². The Morgan fingerprint density at radius 3 is 2.45 bits per heavy atom. The number of nitrogens with one attached hydrogen (secondary N) is 1. The van der Waals surface area contributed by atoms with Gasteiger partial charge in [-0.3, -0.25) is 14.9 Å². The number of carbonyl (C=O) groups excluding carboxylic acids is 1. The average Bonchev–Trinajstić information content (AvgIpc) is 2.71. The third kappa shape index (κ3) is 6.65. The zero-order chi connectivity index (χ0) is 21.2. The maximum absolute atomic E-state index is 11.6. The van der Waals surface area contributed by atoms with Crippen molar-refractivity contribution in [2.45, 2.75) is 6.42 Å². The highest BCUT2D eigenvalue weighted by Gasteiger charge is 2.10. The molecule has 0 unspecified atom stereocenters. The van der Waals surface area contributed by atoms with Crippen LogP contribution in [-0.2, 0) is 4.79 Å². The maximum Gasteiger partial charge on any atom is 0.235 e. The number of methoxy groups -OCH3 is 2. The van der Waals surface area contributed by atoms with Crippen LogP contribution in [0.15, 0.2) is 42.6 Å². The number of carbonyl (C=O) groups is 1. The standard InChI is InChI=1S/C21H21ClN2O5/c1-28-18-13-16(19(10-12-24(26)27)20(14-18)29-2)6-3-15-4-7-17(8-5-15)23-21(25)9-11-22/h3-8,10,12-14H,9,11H2,1-2H3,(H,23,25)/b6-3+,12-10+. The van der Waals surface area contributed by atoms with Gasteiger partial charge in [0.1, 0.15) is 11.5 Å². The normalized spacial score (nSPS) is 11.0. The fourth-order valence-corrected chi connectivity index (χ4v) is 2.70. The first kappa shape index (κ1) is 22.0. The Bertz CT molecular complexity index is 923. The molecule has 0 aliphatic carbocycles. The Morgan fingerprint density at radius 2 is 1.86 bits per heavy atom. The van der Waals surface area contributed by atoms with Gasteiger partial charge in [-0.25, -0.2) is 0 Å². The molecule has 0 spiro atoms. The van der Waals surface area contributed by atoms with Crippen LogP contribution < -0.4 is 14.8 Å². The molecule has 7 nitrogen and oxygen atoms in total. The molecular formula is C21H21ClN2O5. The molecule has 2 rings (SSSR count). The van der Waals surface area contributed by atoms with Crippen molar-refractivity contribution < 1.29 is 19.2 Å². The Kier molecular flexibility index (Phi) is 8.24. The molecular weight excluding hydrogens is 396 g/mol. The Hall–Kier alpha value is -3.32. The van der Waals surface area contributed by atoms with E-state index in [4.69, 9.17) is 21.1 Å². The second-order valence-electron chi connectivity index (χ2n) is 5.88. The van der Waals surface area contributed by atoms with Crippen LogP contribution in [0.3, 0.4) is 0 Å². The molecule has 0 heterocycles. The fourth-order valence-electron chi connectivity index (χ4n) is 2.53. The van der Waals surface area contributed by atoms with E-state index in [2.05, 4.69) is 5.32 Å². The molecule has 2 aromatic rings. The Morgan fingerprint density at radius 1 is 1.14 bits per heavy atom. The topological polar surface area (TPSA) is 90.7 Å². The van der Waals surface area contributed by atoms with Crippen LogP contribution in [0.4, 0.5) is 5.69 Å². The Labute approximate surface area is 173 Å². The van der Waals surface area contributed by atoms with Crippen LogP contribution in [0.25, 0.3) is 18.2 Å². The van der Waals surface area contributed by atoms with Gasteiger partial charge in [0.15, 0.2) is 0 Å². The lowest BCUT2D eigenvalue weighted by atomic mass is 10.0. The molecule has 1 amide bonds. The van der Waals surface area contributed by atoms with Gasteiger partial charge in [0.25, 0.3) is 0 Å². The molecule has 8 heteroatoms. The smallest absolute Gasteiger partial charge is 0.235 e. The molecule has 0 aliphatic rings. The number of alkyl halides is 1. The number of nitro groups is 1. The van der Waals surface area contributed by atoms with Crippen molar-refractivity contribution in [1.82, 2.24) is 0 Å². The second kappa shape index (κ2) is 10.9. The van der Waals surface area contributed by atoms with Crippen LogP contribution in [-0.4, -0.2) is 30.9 Å². The number of anilines is 1. The van der Waals surface area contributed by atoms with Crippen LogP contribution in [0, 0.1) is 10.1 Å². The van der Waals surface area contributed by atoms with E-state index < -0.39 is 4.92 Å². The van der Waals surface area contributed by atoms with Crippen molar-refractivity contribution in [3.05, 3.63) is 69.4 Å². The van der Waals surface area contributed by atoms with Crippen molar-refractivity contribution >= 4 is 41.4 Å². The van der Waals surface area contributed by atoms with Crippen LogP contribution in [0.1, 0.15) is 23.1 Å². The fraction of sp³-hybridized carbons (Fsp3) is 0.190. The second-order valence-corrected chi connectivity index (χ2v) is 6.25. The summed E-state index contributed by atoms with van der Waals surface area (Å²) < 4.78 is 10.6. The zero-order valence-corrected chi connectivity index (χ0v) is 16.8. The van der Waals surface area contributed by atoms with Gasteiger partial charge in [-0.15, -0.1) is 11.6 Å². The number of hydrogen-bond acceptors (Lipinski definition) is 5. The van der Waals surface area contributed by atoms with Gasteiger partial charge in [-0.05, 0) is 29.3 Å². The van der Waals surface area contributed by atoms with Crippen molar-refractivity contribution in [2.24, 2.45) is 0 Å². The lowest BCUT2D eigenvalue weighted by Gasteiger charge is -2.11. The van der Waals surface area contributed by atoms with Crippen LogP contribution in [0.5, 0.6) is 11.5 Å². The SMILES string of the molecule is COc1cc(/C=C/c2ccc(NC(=O)CCCl)cc2)c(/C=C/[N+](=O)[O-])c(OC)c1. The van der Waals surface area contributed by atoms with Gasteiger partial charge < -0.3 is 14.8 Å². The van der Waals surface area contributed by atoms with Crippen molar-refractivity contribution in [3.63, 3.8) is 0 Å². The molecule has 0 saturated heterocycles. The average molecular weight is 417 g/mol. The molecule has 0 radical (unpaired) electrons. The third-order valence-corrected chi connectivity index (χ3v) is 4.13. The number of rotatable bonds is 9. The van der Waals surface area contributed by atoms with Gasteiger partial charge in [0, 0.05) is 35.7 Å². The van der Waals surface area contributed by atoms with Crippen LogP contribution in [0.2, 0.25) is 0 Å². The first-order valence-corrected chi connectivity index (χ1v) is 9.22. The summed E-state index contributed by atoms with van der Waals surface area (Å²) in [7, 11) is 3.02. The molecule has 2 aromatic carbocycles. The molecule has 0 atom stereocenters. The van der Waals surface area contributed by atoms with E-state index in [9.17, 15) is 14.9 Å². The van der Waals surface area contributed by atoms with Gasteiger partial charge >= 0.3 is 0 Å². The molecule has 0 saturated carbocycles. The highest BCUT2D eigenvalue weighted by molar-refractivity contribution is 6.19. The molecule has 0 aromatic heterocycles. The minimum Gasteiger partial charge on any atom is -0.497 e. The Balaban J connectivity index is 2.30. The summed E-state index contributed by atoms with van der Waals surface area (Å²) in [6.45, 7) is 0. The van der Waals surface area contributed by atoms with Gasteiger partial charge in [0.05, 0.1) is 19.1 Å². The highest BCUT2D eigenvalue weighted by atomic mass is 35.5. The number of hydrogen-bond donors (Lipinski definition) is 1. The van der Waals surface area contributed by atoms with Crippen molar-refractivity contribution in [3.8, 4) is 11.5 Å². The molecule has 152 valence electrons. The largest absolute Gasteiger partial charge is 0.497 e. The molecule has 0 fully saturated rings. The number of benzene rings is 2. The summed E-state index contributed by atoms with van der Waals surface area (Å²) in [6, 6.07) is 10.7. The predicted octanol–water partition coefficient (Wildman–Crippen LogP) is 4.69. The summed E-state index contributed by atoms with van der Waals surface area (Å²) in [5.41, 5.74) is 2.81. The summed E-state index contributed by atoms with van der Waals surface area (Å²) in [4.78, 5) is 21.8. The predicted molar refractivity (Wildman–Crippen MR) is 115 cm³/mol.